The van der Waals surface area contributed by atoms with Crippen LogP contribution in [-0.4, -0.2) is 22.7 Å². The number of fused-ring (bicyclic) bond motifs is 2. The van der Waals surface area contributed by atoms with Crippen LogP contribution in [0.5, 0.6) is 5.75 Å². The van der Waals surface area contributed by atoms with Crippen molar-refractivity contribution in [3.63, 3.8) is 0 Å². The van der Waals surface area contributed by atoms with Gasteiger partial charge in [-0.05, 0) is 62.7 Å². The first kappa shape index (κ1) is 17.2. The highest BCUT2D eigenvalue weighted by atomic mass is 16.6. The molecule has 2 heterocycles. The van der Waals surface area contributed by atoms with Gasteiger partial charge >= 0.3 is 5.97 Å². The van der Waals surface area contributed by atoms with Crippen molar-refractivity contribution in [3.05, 3.63) is 59.3 Å². The largest absolute Gasteiger partial charge is 0.493 e. The van der Waals surface area contributed by atoms with Crippen LogP contribution in [0.2, 0.25) is 0 Å². The second kappa shape index (κ2) is 6.17. The Bertz CT molecular complexity index is 1080. The Morgan fingerprint density at radius 3 is 2.63 bits per heavy atom. The molecular weight excluding hydrogens is 340 g/mol. The third-order valence-corrected chi connectivity index (χ3v) is 4.52. The number of carbonyl (C=O) groups is 1. The number of nitriles is 1. The van der Waals surface area contributed by atoms with Crippen molar-refractivity contribution >= 4 is 16.9 Å². The third kappa shape index (κ3) is 3.15. The van der Waals surface area contributed by atoms with E-state index in [0.717, 1.165) is 34.3 Å². The van der Waals surface area contributed by atoms with Crippen LogP contribution in [0.1, 0.15) is 42.3 Å². The van der Waals surface area contributed by atoms with E-state index in [1.54, 1.807) is 12.1 Å². The summed E-state index contributed by atoms with van der Waals surface area (Å²) in [5, 5.41) is 10.4. The number of carbonyl (C=O) groups excluding carboxylic acids is 1. The molecule has 0 bridgehead atoms. The average molecular weight is 360 g/mol. The Labute approximate surface area is 157 Å². The summed E-state index contributed by atoms with van der Waals surface area (Å²) in [6.07, 6.45) is 2.69. The van der Waals surface area contributed by atoms with E-state index in [2.05, 4.69) is 12.1 Å². The van der Waals surface area contributed by atoms with Crippen LogP contribution >= 0.6 is 0 Å². The van der Waals surface area contributed by atoms with E-state index in [1.807, 2.05) is 49.7 Å². The molecule has 2 aromatic carbocycles. The predicted molar refractivity (Wildman–Crippen MR) is 102 cm³/mol. The van der Waals surface area contributed by atoms with Gasteiger partial charge in [-0.25, -0.2) is 4.79 Å². The highest BCUT2D eigenvalue weighted by Gasteiger charge is 2.20. The maximum Gasteiger partial charge on any atom is 0.338 e. The first-order valence-electron chi connectivity index (χ1n) is 8.90. The lowest BCUT2D eigenvalue weighted by Crippen LogP contribution is -2.23. The van der Waals surface area contributed by atoms with Crippen LogP contribution in [0.15, 0.2) is 42.6 Å². The molecule has 0 aliphatic carbocycles. The summed E-state index contributed by atoms with van der Waals surface area (Å²) in [4.78, 5) is 12.2. The van der Waals surface area contributed by atoms with E-state index < -0.39 is 5.60 Å². The molecule has 5 heteroatoms. The Morgan fingerprint density at radius 2 is 1.96 bits per heavy atom. The average Bonchev–Trinajstić information content (AvgIpc) is 3.22. The number of benzene rings is 2. The fourth-order valence-electron chi connectivity index (χ4n) is 3.29. The summed E-state index contributed by atoms with van der Waals surface area (Å²) >= 11 is 0. The van der Waals surface area contributed by atoms with Crippen molar-refractivity contribution in [2.75, 3.05) is 6.61 Å². The van der Waals surface area contributed by atoms with Gasteiger partial charge in [-0.2, -0.15) is 5.26 Å². The summed E-state index contributed by atoms with van der Waals surface area (Å²) in [5.41, 5.74) is 3.56. The lowest BCUT2D eigenvalue weighted by Gasteiger charge is -2.19. The number of rotatable bonds is 2. The Balaban J connectivity index is 1.74. The van der Waals surface area contributed by atoms with Crippen molar-refractivity contribution in [3.8, 4) is 17.5 Å². The van der Waals surface area contributed by atoms with Crippen molar-refractivity contribution in [2.24, 2.45) is 0 Å². The fourth-order valence-corrected chi connectivity index (χ4v) is 3.29. The molecule has 4 rings (SSSR count). The zero-order valence-electron chi connectivity index (χ0n) is 15.6. The minimum Gasteiger partial charge on any atom is -0.493 e. The Morgan fingerprint density at radius 1 is 1.22 bits per heavy atom. The summed E-state index contributed by atoms with van der Waals surface area (Å²) in [7, 11) is 0. The van der Waals surface area contributed by atoms with Crippen LogP contribution in [0.3, 0.4) is 0 Å². The van der Waals surface area contributed by atoms with Gasteiger partial charge in [-0.3, -0.25) is 0 Å². The second-order valence-electron chi connectivity index (χ2n) is 7.65. The van der Waals surface area contributed by atoms with E-state index in [0.29, 0.717) is 17.7 Å². The molecule has 0 spiro atoms. The molecule has 0 atom stereocenters. The Kier molecular flexibility index (Phi) is 3.92. The Hall–Kier alpha value is -3.26. The van der Waals surface area contributed by atoms with E-state index in [4.69, 9.17) is 9.47 Å². The van der Waals surface area contributed by atoms with Crippen molar-refractivity contribution in [1.82, 2.24) is 4.57 Å². The summed E-state index contributed by atoms with van der Waals surface area (Å²) in [6.45, 7) is 6.21. The zero-order valence-corrected chi connectivity index (χ0v) is 15.6. The molecule has 0 saturated carbocycles. The quantitative estimate of drug-likeness (QED) is 0.636. The molecule has 0 saturated heterocycles. The fraction of sp³-hybridized carbons (Fsp3) is 0.273. The standard InChI is InChI=1S/C22H20N2O3/c1-22(2,3)27-21(25)14-4-6-17(7-5-14)24-13-16(12-23)18-11-20-15(8-9-26-20)10-19(18)24/h4-7,10-11,13H,8-9H2,1-3H3. The molecule has 0 amide bonds. The van der Waals surface area contributed by atoms with Gasteiger partial charge in [0.25, 0.3) is 0 Å². The molecule has 5 nitrogen and oxygen atoms in total. The second-order valence-corrected chi connectivity index (χ2v) is 7.65. The van der Waals surface area contributed by atoms with E-state index in [9.17, 15) is 10.1 Å². The van der Waals surface area contributed by atoms with Crippen LogP contribution < -0.4 is 4.74 Å². The van der Waals surface area contributed by atoms with E-state index in [1.165, 1.54) is 0 Å². The molecule has 0 radical (unpaired) electrons. The number of esters is 1. The molecule has 1 aromatic heterocycles. The first-order valence-corrected chi connectivity index (χ1v) is 8.90. The van der Waals surface area contributed by atoms with E-state index >= 15 is 0 Å². The van der Waals surface area contributed by atoms with Gasteiger partial charge in [0.15, 0.2) is 0 Å². The molecular formula is C22H20N2O3. The molecule has 27 heavy (non-hydrogen) atoms. The molecule has 1 aliphatic heterocycles. The summed E-state index contributed by atoms with van der Waals surface area (Å²) in [6, 6.07) is 13.5. The molecule has 0 N–H and O–H groups in total. The predicted octanol–water partition coefficient (Wildman–Crippen LogP) is 4.39. The number of ether oxygens (including phenoxy) is 2. The molecule has 1 aliphatic rings. The highest BCUT2D eigenvalue weighted by molar-refractivity contribution is 5.91. The topological polar surface area (TPSA) is 64.2 Å². The van der Waals surface area contributed by atoms with Gasteiger partial charge in [-0.1, -0.05) is 0 Å². The normalized spacial score (nSPS) is 13.1. The van der Waals surface area contributed by atoms with Gasteiger partial charge in [0.1, 0.15) is 17.4 Å². The highest BCUT2D eigenvalue weighted by Crippen LogP contribution is 2.34. The number of nitrogens with zero attached hydrogens (tertiary/aromatic N) is 2. The number of hydrogen-bond acceptors (Lipinski definition) is 4. The summed E-state index contributed by atoms with van der Waals surface area (Å²) in [5.74, 6) is 0.510. The minimum atomic E-state index is -0.531. The lowest BCUT2D eigenvalue weighted by molar-refractivity contribution is 0.00695. The smallest absolute Gasteiger partial charge is 0.338 e. The zero-order chi connectivity index (χ0) is 19.2. The van der Waals surface area contributed by atoms with Gasteiger partial charge < -0.3 is 14.0 Å². The monoisotopic (exact) mass is 360 g/mol. The number of hydrogen-bond donors (Lipinski definition) is 0. The molecule has 136 valence electrons. The van der Waals surface area contributed by atoms with Gasteiger partial charge in [0.2, 0.25) is 0 Å². The van der Waals surface area contributed by atoms with Crippen molar-refractivity contribution in [2.45, 2.75) is 32.8 Å². The van der Waals surface area contributed by atoms with Gasteiger partial charge in [0.05, 0.1) is 23.3 Å². The van der Waals surface area contributed by atoms with Gasteiger partial charge in [0, 0.05) is 23.7 Å². The minimum absolute atomic E-state index is 0.348. The molecule has 0 unspecified atom stereocenters. The van der Waals surface area contributed by atoms with Crippen LogP contribution in [0, 0.1) is 11.3 Å². The summed E-state index contributed by atoms with van der Waals surface area (Å²) < 4.78 is 13.0. The molecule has 0 fully saturated rings. The maximum absolute atomic E-state index is 12.2. The maximum atomic E-state index is 12.2. The third-order valence-electron chi connectivity index (χ3n) is 4.52. The van der Waals surface area contributed by atoms with Gasteiger partial charge in [-0.15, -0.1) is 0 Å². The van der Waals surface area contributed by atoms with Crippen molar-refractivity contribution < 1.29 is 14.3 Å². The first-order chi connectivity index (χ1) is 12.9. The molecule has 3 aromatic rings. The van der Waals surface area contributed by atoms with Crippen LogP contribution in [0.25, 0.3) is 16.6 Å². The van der Waals surface area contributed by atoms with Crippen LogP contribution in [-0.2, 0) is 11.2 Å². The van der Waals surface area contributed by atoms with Crippen LogP contribution in [0.4, 0.5) is 0 Å². The van der Waals surface area contributed by atoms with E-state index in [-0.39, 0.29) is 5.97 Å². The van der Waals surface area contributed by atoms with Crippen molar-refractivity contribution in [1.29, 1.82) is 5.26 Å². The SMILES string of the molecule is CC(C)(C)OC(=O)c1ccc(-n2cc(C#N)c3cc4c(cc32)CCO4)cc1. The lowest BCUT2D eigenvalue weighted by atomic mass is 10.1. The number of aromatic nitrogens is 1.